The van der Waals surface area contributed by atoms with E-state index in [4.69, 9.17) is 11.6 Å². The summed E-state index contributed by atoms with van der Waals surface area (Å²) in [5, 5.41) is 8.72. The first kappa shape index (κ1) is 22.6. The number of hydrogen-bond acceptors (Lipinski definition) is 5. The summed E-state index contributed by atoms with van der Waals surface area (Å²) in [6, 6.07) is 7.85. The van der Waals surface area contributed by atoms with Crippen LogP contribution >= 0.6 is 23.4 Å². The van der Waals surface area contributed by atoms with Gasteiger partial charge in [0.25, 0.3) is 5.78 Å². The van der Waals surface area contributed by atoms with Gasteiger partial charge in [-0.25, -0.2) is 9.50 Å². The smallest absolute Gasteiger partial charge is 0.253 e. The summed E-state index contributed by atoms with van der Waals surface area (Å²) in [5.74, 6) is 0.598. The first-order valence-electron chi connectivity index (χ1n) is 10.3. The predicted octanol–water partition coefficient (Wildman–Crippen LogP) is 4.77. The van der Waals surface area contributed by atoms with Gasteiger partial charge in [-0.05, 0) is 49.9 Å². The number of nitrogens with one attached hydrogen (secondary N) is 1. The molecule has 3 rings (SSSR count). The number of nitrogens with zero attached hydrogens (tertiary/aromatic N) is 4. The van der Waals surface area contributed by atoms with Crippen molar-refractivity contribution in [2.75, 3.05) is 6.54 Å². The number of unbranched alkanes of at least 4 members (excludes halogenated alkanes) is 1. The summed E-state index contributed by atoms with van der Waals surface area (Å²) in [5.41, 5.74) is 4.15. The minimum Gasteiger partial charge on any atom is -0.355 e. The van der Waals surface area contributed by atoms with Crippen molar-refractivity contribution < 1.29 is 4.79 Å². The van der Waals surface area contributed by atoms with Crippen LogP contribution < -0.4 is 5.32 Å². The van der Waals surface area contributed by atoms with Gasteiger partial charge in [-0.2, -0.15) is 4.98 Å². The second-order valence-electron chi connectivity index (χ2n) is 7.33. The number of hydrogen-bond donors (Lipinski definition) is 1. The number of benzene rings is 1. The first-order chi connectivity index (χ1) is 14.4. The number of halogens is 1. The highest BCUT2D eigenvalue weighted by molar-refractivity contribution is 8.00. The van der Waals surface area contributed by atoms with Gasteiger partial charge in [0.05, 0.1) is 5.25 Å². The highest BCUT2D eigenvalue weighted by atomic mass is 35.5. The van der Waals surface area contributed by atoms with Gasteiger partial charge < -0.3 is 5.32 Å². The van der Waals surface area contributed by atoms with Gasteiger partial charge in [-0.1, -0.05) is 55.8 Å². The second-order valence-corrected chi connectivity index (χ2v) is 8.94. The van der Waals surface area contributed by atoms with Gasteiger partial charge in [0, 0.05) is 29.4 Å². The molecule has 0 unspecified atom stereocenters. The summed E-state index contributed by atoms with van der Waals surface area (Å²) < 4.78 is 1.77. The Morgan fingerprint density at radius 3 is 2.77 bits per heavy atom. The molecule has 30 heavy (non-hydrogen) atoms. The van der Waals surface area contributed by atoms with Crippen LogP contribution in [0.2, 0.25) is 5.02 Å². The van der Waals surface area contributed by atoms with Crippen molar-refractivity contribution in [3.05, 3.63) is 51.8 Å². The molecule has 2 heterocycles. The van der Waals surface area contributed by atoms with Crippen LogP contribution in [0.4, 0.5) is 0 Å². The number of thioether (sulfide) groups is 1. The first-order valence-corrected chi connectivity index (χ1v) is 11.6. The Kier molecular flexibility index (Phi) is 7.72. The molecule has 0 fully saturated rings. The lowest BCUT2D eigenvalue weighted by Gasteiger charge is -2.12. The average Bonchev–Trinajstić information content (AvgIpc) is 3.12. The fourth-order valence-corrected chi connectivity index (χ4v) is 4.39. The summed E-state index contributed by atoms with van der Waals surface area (Å²) in [6.45, 7) is 8.84. The highest BCUT2D eigenvalue weighted by Crippen LogP contribution is 2.25. The maximum atomic E-state index is 12.5. The summed E-state index contributed by atoms with van der Waals surface area (Å²) in [7, 11) is 0. The van der Waals surface area contributed by atoms with E-state index in [0.29, 0.717) is 23.9 Å². The van der Waals surface area contributed by atoms with E-state index in [0.717, 1.165) is 46.8 Å². The number of carbonyl (C=O) groups is 1. The minimum atomic E-state index is -0.216. The van der Waals surface area contributed by atoms with Crippen LogP contribution in [0.25, 0.3) is 5.78 Å². The maximum Gasteiger partial charge on any atom is 0.253 e. The topological polar surface area (TPSA) is 72.2 Å². The van der Waals surface area contributed by atoms with Crippen molar-refractivity contribution in [3.63, 3.8) is 0 Å². The lowest BCUT2D eigenvalue weighted by atomic mass is 10.0. The van der Waals surface area contributed by atoms with Crippen molar-refractivity contribution in [1.82, 2.24) is 24.9 Å². The number of amides is 1. The molecule has 0 bridgehead atoms. The molecule has 160 valence electrons. The van der Waals surface area contributed by atoms with E-state index >= 15 is 0 Å². The van der Waals surface area contributed by atoms with E-state index in [1.165, 1.54) is 11.8 Å². The van der Waals surface area contributed by atoms with E-state index in [-0.39, 0.29) is 11.2 Å². The third-order valence-electron chi connectivity index (χ3n) is 5.04. The van der Waals surface area contributed by atoms with E-state index in [1.54, 1.807) is 4.52 Å². The van der Waals surface area contributed by atoms with Crippen LogP contribution in [0.1, 0.15) is 55.6 Å². The minimum absolute atomic E-state index is 0.0392. The molecule has 1 amide bonds. The Morgan fingerprint density at radius 1 is 1.27 bits per heavy atom. The number of aryl methyl sites for hydroxylation is 2. The summed E-state index contributed by atoms with van der Waals surface area (Å²) in [4.78, 5) is 21.7. The molecule has 6 nitrogen and oxygen atoms in total. The number of fused-ring (bicyclic) bond motifs is 1. The molecule has 0 saturated carbocycles. The van der Waals surface area contributed by atoms with Crippen LogP contribution in [0.5, 0.6) is 0 Å². The summed E-state index contributed by atoms with van der Waals surface area (Å²) >= 11 is 7.53. The number of aromatic nitrogens is 4. The summed E-state index contributed by atoms with van der Waals surface area (Å²) in [6.07, 6.45) is 3.47. The van der Waals surface area contributed by atoms with Gasteiger partial charge in [0.15, 0.2) is 0 Å². The van der Waals surface area contributed by atoms with Gasteiger partial charge in [-0.3, -0.25) is 4.79 Å². The fourth-order valence-electron chi connectivity index (χ4n) is 3.30. The molecule has 1 atom stereocenters. The second kappa shape index (κ2) is 10.3. The molecular formula is C22H28ClN5OS. The average molecular weight is 446 g/mol. The van der Waals surface area contributed by atoms with E-state index < -0.39 is 0 Å². The zero-order chi connectivity index (χ0) is 21.7. The van der Waals surface area contributed by atoms with Crippen LogP contribution in [-0.2, 0) is 11.2 Å². The van der Waals surface area contributed by atoms with Crippen molar-refractivity contribution in [2.24, 2.45) is 0 Å². The predicted molar refractivity (Wildman–Crippen MR) is 122 cm³/mol. The van der Waals surface area contributed by atoms with Crippen LogP contribution in [-0.4, -0.2) is 37.3 Å². The number of rotatable bonds is 9. The van der Waals surface area contributed by atoms with Gasteiger partial charge >= 0.3 is 0 Å². The molecule has 0 aliphatic heterocycles. The van der Waals surface area contributed by atoms with E-state index in [2.05, 4.69) is 33.4 Å². The Morgan fingerprint density at radius 2 is 2.07 bits per heavy atom. The molecule has 8 heteroatoms. The molecule has 0 spiro atoms. The molecule has 1 N–H and O–H groups in total. The molecular weight excluding hydrogens is 418 g/mol. The molecule has 0 radical (unpaired) electrons. The third-order valence-corrected chi connectivity index (χ3v) is 6.49. The van der Waals surface area contributed by atoms with Crippen molar-refractivity contribution in [1.29, 1.82) is 0 Å². The third kappa shape index (κ3) is 5.32. The largest absolute Gasteiger partial charge is 0.355 e. The van der Waals surface area contributed by atoms with E-state index in [9.17, 15) is 4.79 Å². The zero-order valence-electron chi connectivity index (χ0n) is 17.9. The molecule has 2 aromatic heterocycles. The SMILES string of the molecule is CCCCNC(=O)[C@@H](CC)Sc1nc2nc(C)c(Cc3cccc(Cl)c3)c(C)n2n1. The molecule has 0 saturated heterocycles. The van der Waals surface area contributed by atoms with Crippen LogP contribution in [0, 0.1) is 13.8 Å². The normalized spacial score (nSPS) is 12.3. The number of carbonyl (C=O) groups excluding carboxylic acids is 1. The lowest BCUT2D eigenvalue weighted by molar-refractivity contribution is -0.120. The standard InChI is InChI=1S/C22H28ClN5OS/c1-5-7-11-24-20(29)19(6-2)30-22-26-21-25-14(3)18(15(4)28(21)27-22)13-16-9-8-10-17(23)12-16/h8-10,12,19H,5-7,11,13H2,1-4H3,(H,24,29)/t19-/m1/s1. The van der Waals surface area contributed by atoms with Crippen molar-refractivity contribution in [3.8, 4) is 0 Å². The van der Waals surface area contributed by atoms with Gasteiger partial charge in [0.2, 0.25) is 11.1 Å². The molecule has 1 aromatic carbocycles. The van der Waals surface area contributed by atoms with Crippen molar-refractivity contribution in [2.45, 2.75) is 63.8 Å². The van der Waals surface area contributed by atoms with Crippen LogP contribution in [0.15, 0.2) is 29.4 Å². The Balaban J connectivity index is 1.83. The van der Waals surface area contributed by atoms with Crippen molar-refractivity contribution >= 4 is 35.0 Å². The highest BCUT2D eigenvalue weighted by Gasteiger charge is 2.21. The zero-order valence-corrected chi connectivity index (χ0v) is 19.5. The Hall–Kier alpha value is -2.12. The van der Waals surface area contributed by atoms with E-state index in [1.807, 2.05) is 39.0 Å². The van der Waals surface area contributed by atoms with Gasteiger partial charge in [-0.15, -0.1) is 5.10 Å². The molecule has 0 aliphatic carbocycles. The van der Waals surface area contributed by atoms with Gasteiger partial charge in [0.1, 0.15) is 0 Å². The Labute approximate surface area is 186 Å². The Bertz CT molecular complexity index is 1040. The monoisotopic (exact) mass is 445 g/mol. The molecule has 3 aromatic rings. The fraction of sp³-hybridized carbons (Fsp3) is 0.455. The quantitative estimate of drug-likeness (QED) is 0.379. The lowest BCUT2D eigenvalue weighted by Crippen LogP contribution is -2.33. The molecule has 0 aliphatic rings. The maximum absolute atomic E-state index is 12.5. The van der Waals surface area contributed by atoms with Crippen LogP contribution in [0.3, 0.4) is 0 Å².